The molecule has 2 unspecified atom stereocenters. The van der Waals surface area contributed by atoms with Gasteiger partial charge in [0.25, 0.3) is 0 Å². The van der Waals surface area contributed by atoms with Crippen molar-refractivity contribution >= 4 is 0 Å². The first kappa shape index (κ1) is 14.0. The summed E-state index contributed by atoms with van der Waals surface area (Å²) in [6, 6.07) is 0.721. The van der Waals surface area contributed by atoms with Gasteiger partial charge in [0, 0.05) is 6.04 Å². The van der Waals surface area contributed by atoms with Crippen LogP contribution in [0.2, 0.25) is 0 Å². The molecule has 1 rings (SSSR count). The van der Waals surface area contributed by atoms with Crippen molar-refractivity contribution < 1.29 is 0 Å². The lowest BCUT2D eigenvalue weighted by molar-refractivity contribution is 0.213. The van der Waals surface area contributed by atoms with Gasteiger partial charge in [-0.05, 0) is 37.1 Å². The number of nitrogens with one attached hydrogen (secondary N) is 1. The molecular weight excluding hydrogens is 194 g/mol. The maximum Gasteiger partial charge on any atom is 0.00947 e. The van der Waals surface area contributed by atoms with E-state index in [0.717, 1.165) is 29.7 Å². The molecule has 1 heteroatoms. The summed E-state index contributed by atoms with van der Waals surface area (Å²) in [6.07, 6.45) is 7.23. The van der Waals surface area contributed by atoms with Gasteiger partial charge in [-0.15, -0.1) is 0 Å². The van der Waals surface area contributed by atoms with E-state index in [1.165, 1.54) is 32.1 Å². The first-order valence-corrected chi connectivity index (χ1v) is 7.21. The SMILES string of the molecule is CNC(CC1CCC(C)CC1)C(C)C(C)C. The van der Waals surface area contributed by atoms with Crippen molar-refractivity contribution in [1.29, 1.82) is 0 Å². The molecule has 0 saturated heterocycles. The van der Waals surface area contributed by atoms with Crippen LogP contribution in [0.1, 0.15) is 59.8 Å². The van der Waals surface area contributed by atoms with Crippen molar-refractivity contribution in [1.82, 2.24) is 5.32 Å². The molecular formula is C15H31N. The Kier molecular flexibility index (Phi) is 5.82. The summed E-state index contributed by atoms with van der Waals surface area (Å²) < 4.78 is 0. The molecule has 1 fully saturated rings. The van der Waals surface area contributed by atoms with Gasteiger partial charge in [0.2, 0.25) is 0 Å². The van der Waals surface area contributed by atoms with Crippen molar-refractivity contribution in [2.75, 3.05) is 7.05 Å². The Bertz CT molecular complexity index is 180. The van der Waals surface area contributed by atoms with E-state index >= 15 is 0 Å². The van der Waals surface area contributed by atoms with E-state index in [9.17, 15) is 0 Å². The molecule has 0 amide bonds. The third-order valence-electron chi connectivity index (χ3n) is 4.78. The van der Waals surface area contributed by atoms with Gasteiger partial charge < -0.3 is 5.32 Å². The van der Waals surface area contributed by atoms with Crippen LogP contribution >= 0.6 is 0 Å². The summed E-state index contributed by atoms with van der Waals surface area (Å²) in [5.41, 5.74) is 0. The van der Waals surface area contributed by atoms with E-state index in [4.69, 9.17) is 0 Å². The number of hydrogen-bond acceptors (Lipinski definition) is 1. The van der Waals surface area contributed by atoms with Gasteiger partial charge in [-0.3, -0.25) is 0 Å². The van der Waals surface area contributed by atoms with Crippen LogP contribution in [0.5, 0.6) is 0 Å². The lowest BCUT2D eigenvalue weighted by Crippen LogP contribution is -2.37. The summed E-state index contributed by atoms with van der Waals surface area (Å²) in [5.74, 6) is 3.55. The fraction of sp³-hybridized carbons (Fsp3) is 1.00. The van der Waals surface area contributed by atoms with Crippen LogP contribution in [0, 0.1) is 23.7 Å². The average molecular weight is 225 g/mol. The molecule has 1 saturated carbocycles. The van der Waals surface area contributed by atoms with Crippen molar-refractivity contribution in [2.45, 2.75) is 65.8 Å². The Morgan fingerprint density at radius 1 is 1.06 bits per heavy atom. The summed E-state index contributed by atoms with van der Waals surface area (Å²) in [7, 11) is 2.13. The molecule has 96 valence electrons. The predicted octanol–water partition coefficient (Wildman–Crippen LogP) is 4.08. The molecule has 0 aromatic rings. The second-order valence-electron chi connectivity index (χ2n) is 6.36. The van der Waals surface area contributed by atoms with Crippen LogP contribution in [0.15, 0.2) is 0 Å². The monoisotopic (exact) mass is 225 g/mol. The fourth-order valence-electron chi connectivity index (χ4n) is 2.98. The van der Waals surface area contributed by atoms with E-state index in [-0.39, 0.29) is 0 Å². The highest BCUT2D eigenvalue weighted by Gasteiger charge is 2.25. The molecule has 0 bridgehead atoms. The van der Waals surface area contributed by atoms with E-state index in [1.54, 1.807) is 0 Å². The van der Waals surface area contributed by atoms with Gasteiger partial charge in [0.15, 0.2) is 0 Å². The van der Waals surface area contributed by atoms with Crippen molar-refractivity contribution in [3.05, 3.63) is 0 Å². The van der Waals surface area contributed by atoms with Gasteiger partial charge in [0.1, 0.15) is 0 Å². The zero-order chi connectivity index (χ0) is 12.1. The summed E-state index contributed by atoms with van der Waals surface area (Å²) in [6.45, 7) is 9.50. The zero-order valence-electron chi connectivity index (χ0n) is 11.9. The standard InChI is InChI=1S/C15H31N/c1-11(2)13(4)15(16-5)10-14-8-6-12(3)7-9-14/h11-16H,6-10H2,1-5H3. The lowest BCUT2D eigenvalue weighted by atomic mass is 9.77. The van der Waals surface area contributed by atoms with Crippen LogP contribution in [0.25, 0.3) is 0 Å². The summed E-state index contributed by atoms with van der Waals surface area (Å²) in [4.78, 5) is 0. The normalized spacial score (nSPS) is 30.4. The molecule has 1 N–H and O–H groups in total. The lowest BCUT2D eigenvalue weighted by Gasteiger charge is -2.33. The largest absolute Gasteiger partial charge is 0.317 e. The number of rotatable bonds is 5. The molecule has 0 heterocycles. The van der Waals surface area contributed by atoms with Crippen LogP contribution in [-0.4, -0.2) is 13.1 Å². The third-order valence-corrected chi connectivity index (χ3v) is 4.78. The second-order valence-corrected chi connectivity index (χ2v) is 6.36. The van der Waals surface area contributed by atoms with Gasteiger partial charge >= 0.3 is 0 Å². The molecule has 1 aliphatic rings. The fourth-order valence-corrected chi connectivity index (χ4v) is 2.98. The summed E-state index contributed by atoms with van der Waals surface area (Å²) >= 11 is 0. The van der Waals surface area contributed by atoms with Crippen LogP contribution in [0.4, 0.5) is 0 Å². The maximum absolute atomic E-state index is 3.54. The van der Waals surface area contributed by atoms with Gasteiger partial charge in [-0.1, -0.05) is 53.4 Å². The quantitative estimate of drug-likeness (QED) is 0.743. The van der Waals surface area contributed by atoms with Crippen LogP contribution < -0.4 is 5.32 Å². The Labute approximate surface area is 102 Å². The van der Waals surface area contributed by atoms with Crippen LogP contribution in [-0.2, 0) is 0 Å². The number of hydrogen-bond donors (Lipinski definition) is 1. The van der Waals surface area contributed by atoms with E-state index in [0.29, 0.717) is 0 Å². The average Bonchev–Trinajstić information content (AvgIpc) is 2.27. The molecule has 1 nitrogen and oxygen atoms in total. The summed E-state index contributed by atoms with van der Waals surface area (Å²) in [5, 5.41) is 3.54. The van der Waals surface area contributed by atoms with E-state index < -0.39 is 0 Å². The van der Waals surface area contributed by atoms with Gasteiger partial charge in [0.05, 0.1) is 0 Å². The van der Waals surface area contributed by atoms with Crippen LogP contribution in [0.3, 0.4) is 0 Å². The van der Waals surface area contributed by atoms with E-state index in [2.05, 4.69) is 40.1 Å². The molecule has 0 aromatic heterocycles. The first-order valence-electron chi connectivity index (χ1n) is 7.21. The zero-order valence-corrected chi connectivity index (χ0v) is 11.9. The molecule has 0 aliphatic heterocycles. The minimum absolute atomic E-state index is 0.721. The van der Waals surface area contributed by atoms with Gasteiger partial charge in [-0.2, -0.15) is 0 Å². The highest BCUT2D eigenvalue weighted by atomic mass is 14.9. The van der Waals surface area contributed by atoms with Crippen molar-refractivity contribution in [3.8, 4) is 0 Å². The first-order chi connectivity index (χ1) is 7.54. The van der Waals surface area contributed by atoms with E-state index in [1.807, 2.05) is 0 Å². The molecule has 0 aromatic carbocycles. The molecule has 1 aliphatic carbocycles. The highest BCUT2D eigenvalue weighted by Crippen LogP contribution is 2.32. The Morgan fingerprint density at radius 2 is 1.62 bits per heavy atom. The second kappa shape index (κ2) is 6.64. The minimum Gasteiger partial charge on any atom is -0.317 e. The molecule has 0 radical (unpaired) electrons. The Balaban J connectivity index is 2.38. The Morgan fingerprint density at radius 3 is 2.06 bits per heavy atom. The maximum atomic E-state index is 3.54. The minimum atomic E-state index is 0.721. The van der Waals surface area contributed by atoms with Crippen molar-refractivity contribution in [3.63, 3.8) is 0 Å². The molecule has 16 heavy (non-hydrogen) atoms. The smallest absolute Gasteiger partial charge is 0.00947 e. The predicted molar refractivity (Wildman–Crippen MR) is 72.6 cm³/mol. The van der Waals surface area contributed by atoms with Gasteiger partial charge in [-0.25, -0.2) is 0 Å². The molecule has 0 spiro atoms. The highest BCUT2D eigenvalue weighted by molar-refractivity contribution is 4.80. The molecule has 2 atom stereocenters. The van der Waals surface area contributed by atoms with Crippen molar-refractivity contribution in [2.24, 2.45) is 23.7 Å². The topological polar surface area (TPSA) is 12.0 Å². The third kappa shape index (κ3) is 4.08. The Hall–Kier alpha value is -0.0400.